The van der Waals surface area contributed by atoms with Crippen LogP contribution in [0.25, 0.3) is 0 Å². The Labute approximate surface area is 138 Å². The van der Waals surface area contributed by atoms with E-state index >= 15 is 0 Å². The van der Waals surface area contributed by atoms with Gasteiger partial charge in [0.25, 0.3) is 0 Å². The maximum absolute atomic E-state index is 12.8. The van der Waals surface area contributed by atoms with Crippen molar-refractivity contribution in [3.8, 4) is 0 Å². The molecule has 2 aliphatic rings. The Bertz CT molecular complexity index is 477. The number of aromatic nitrogens is 2. The third-order valence-corrected chi connectivity index (χ3v) is 5.06. The summed E-state index contributed by atoms with van der Waals surface area (Å²) < 4.78 is 7.20. The maximum Gasteiger partial charge on any atom is 0.247 e. The van der Waals surface area contributed by atoms with Crippen LogP contribution < -0.4 is 0 Å². The lowest BCUT2D eigenvalue weighted by atomic mass is 9.95. The van der Waals surface area contributed by atoms with Crippen molar-refractivity contribution < 1.29 is 9.53 Å². The first kappa shape index (κ1) is 16.5. The van der Waals surface area contributed by atoms with Gasteiger partial charge in [-0.2, -0.15) is 5.10 Å². The first-order chi connectivity index (χ1) is 11.3. The molecule has 0 N–H and O–H groups in total. The summed E-state index contributed by atoms with van der Waals surface area (Å²) in [5, 5.41) is 4.25. The molecule has 1 atom stereocenters. The molecule has 23 heavy (non-hydrogen) atoms. The number of hydrogen-bond donors (Lipinski definition) is 0. The summed E-state index contributed by atoms with van der Waals surface area (Å²) in [5.74, 6) is 0.933. The lowest BCUT2D eigenvalue weighted by Gasteiger charge is -2.37. The number of piperidine rings is 1. The Kier molecular flexibility index (Phi) is 5.67. The third kappa shape index (κ3) is 4.12. The third-order valence-electron chi connectivity index (χ3n) is 5.06. The zero-order chi connectivity index (χ0) is 16.1. The number of likely N-dealkylation sites (tertiary alicyclic amines) is 1. The van der Waals surface area contributed by atoms with Crippen LogP contribution in [0.15, 0.2) is 18.5 Å². The van der Waals surface area contributed by atoms with Crippen LogP contribution in [-0.4, -0.2) is 71.4 Å². The molecule has 1 aromatic rings. The molecule has 2 aliphatic heterocycles. The standard InChI is InChI=1S/C17H28N4O2/c1-2-16(21-7-3-6-18-21)17(22)20-8-4-15(5-9-20)14-19-10-12-23-13-11-19/h3,6-7,15-16H,2,4-5,8-14H2,1H3/t16-/m1/s1. The summed E-state index contributed by atoms with van der Waals surface area (Å²) in [7, 11) is 0. The molecule has 3 rings (SSSR count). The normalized spacial score (nSPS) is 22.2. The molecule has 0 radical (unpaired) electrons. The molecule has 0 aliphatic carbocycles. The fourth-order valence-electron chi connectivity index (χ4n) is 3.64. The predicted octanol–water partition coefficient (Wildman–Crippen LogP) is 1.40. The van der Waals surface area contributed by atoms with Gasteiger partial charge in [0.15, 0.2) is 0 Å². The maximum atomic E-state index is 12.8. The minimum absolute atomic E-state index is 0.152. The van der Waals surface area contributed by atoms with Crippen LogP contribution >= 0.6 is 0 Å². The molecular formula is C17H28N4O2. The van der Waals surface area contributed by atoms with Crippen LogP contribution in [-0.2, 0) is 9.53 Å². The topological polar surface area (TPSA) is 50.6 Å². The summed E-state index contributed by atoms with van der Waals surface area (Å²) in [6.07, 6.45) is 6.63. The molecule has 0 unspecified atom stereocenters. The Morgan fingerprint density at radius 3 is 2.61 bits per heavy atom. The van der Waals surface area contributed by atoms with Gasteiger partial charge in [-0.1, -0.05) is 6.92 Å². The number of carbonyl (C=O) groups is 1. The zero-order valence-corrected chi connectivity index (χ0v) is 14.1. The summed E-state index contributed by atoms with van der Waals surface area (Å²) >= 11 is 0. The molecule has 1 amide bonds. The van der Waals surface area contributed by atoms with Crippen molar-refractivity contribution in [2.75, 3.05) is 45.9 Å². The SMILES string of the molecule is CC[C@H](C(=O)N1CCC(CN2CCOCC2)CC1)n1cccn1. The van der Waals surface area contributed by atoms with Crippen LogP contribution in [0.2, 0.25) is 0 Å². The van der Waals surface area contributed by atoms with Crippen molar-refractivity contribution in [1.29, 1.82) is 0 Å². The molecule has 0 aromatic carbocycles. The van der Waals surface area contributed by atoms with Gasteiger partial charge < -0.3 is 9.64 Å². The van der Waals surface area contributed by atoms with E-state index in [-0.39, 0.29) is 11.9 Å². The molecule has 0 saturated carbocycles. The van der Waals surface area contributed by atoms with Gasteiger partial charge in [0.05, 0.1) is 13.2 Å². The number of carbonyl (C=O) groups excluding carboxylic acids is 1. The monoisotopic (exact) mass is 320 g/mol. The van der Waals surface area contributed by atoms with E-state index in [1.165, 1.54) is 0 Å². The smallest absolute Gasteiger partial charge is 0.247 e. The molecule has 2 saturated heterocycles. The number of morpholine rings is 1. The highest BCUT2D eigenvalue weighted by Crippen LogP contribution is 2.22. The number of ether oxygens (including phenoxy) is 1. The number of rotatable bonds is 5. The van der Waals surface area contributed by atoms with Gasteiger partial charge in [0.2, 0.25) is 5.91 Å². The number of nitrogens with zero attached hydrogens (tertiary/aromatic N) is 4. The molecule has 3 heterocycles. The minimum atomic E-state index is -0.152. The minimum Gasteiger partial charge on any atom is -0.379 e. The fourth-order valence-corrected chi connectivity index (χ4v) is 3.64. The second-order valence-electron chi connectivity index (χ2n) is 6.59. The largest absolute Gasteiger partial charge is 0.379 e. The van der Waals surface area contributed by atoms with Crippen molar-refractivity contribution in [3.63, 3.8) is 0 Å². The highest BCUT2D eigenvalue weighted by molar-refractivity contribution is 5.80. The quantitative estimate of drug-likeness (QED) is 0.823. The molecule has 0 bridgehead atoms. The van der Waals surface area contributed by atoms with Crippen molar-refractivity contribution in [3.05, 3.63) is 18.5 Å². The van der Waals surface area contributed by atoms with E-state index in [4.69, 9.17) is 4.74 Å². The highest BCUT2D eigenvalue weighted by atomic mass is 16.5. The predicted molar refractivity (Wildman–Crippen MR) is 88.1 cm³/mol. The Morgan fingerprint density at radius 1 is 1.26 bits per heavy atom. The molecular weight excluding hydrogens is 292 g/mol. The van der Waals surface area contributed by atoms with Gasteiger partial charge in [-0.3, -0.25) is 14.4 Å². The molecule has 0 spiro atoms. The van der Waals surface area contributed by atoms with Crippen LogP contribution in [0.3, 0.4) is 0 Å². The van der Waals surface area contributed by atoms with E-state index in [2.05, 4.69) is 16.9 Å². The van der Waals surface area contributed by atoms with Crippen molar-refractivity contribution >= 4 is 5.91 Å². The van der Waals surface area contributed by atoms with Gasteiger partial charge in [0.1, 0.15) is 6.04 Å². The van der Waals surface area contributed by atoms with Crippen molar-refractivity contribution in [2.24, 2.45) is 5.92 Å². The Balaban J connectivity index is 1.48. The van der Waals surface area contributed by atoms with E-state index in [0.717, 1.165) is 65.2 Å². The second kappa shape index (κ2) is 7.93. The van der Waals surface area contributed by atoms with Gasteiger partial charge in [-0.25, -0.2) is 0 Å². The fraction of sp³-hybridized carbons (Fsp3) is 0.765. The molecule has 6 heteroatoms. The summed E-state index contributed by atoms with van der Waals surface area (Å²) in [5.41, 5.74) is 0. The first-order valence-electron chi connectivity index (χ1n) is 8.86. The van der Waals surface area contributed by atoms with E-state index in [1.807, 2.05) is 17.2 Å². The van der Waals surface area contributed by atoms with E-state index in [1.54, 1.807) is 10.9 Å². The van der Waals surface area contributed by atoms with Crippen LogP contribution in [0.4, 0.5) is 0 Å². The molecule has 128 valence electrons. The summed E-state index contributed by atoms with van der Waals surface area (Å²) in [6.45, 7) is 8.79. The van der Waals surface area contributed by atoms with E-state index in [9.17, 15) is 4.79 Å². The number of amides is 1. The van der Waals surface area contributed by atoms with Gasteiger partial charge in [-0.05, 0) is 31.2 Å². The Morgan fingerprint density at radius 2 is 2.00 bits per heavy atom. The average molecular weight is 320 g/mol. The average Bonchev–Trinajstić information content (AvgIpc) is 3.11. The molecule has 2 fully saturated rings. The van der Waals surface area contributed by atoms with E-state index in [0.29, 0.717) is 5.92 Å². The van der Waals surface area contributed by atoms with Crippen LogP contribution in [0.1, 0.15) is 32.2 Å². The lowest BCUT2D eigenvalue weighted by Crippen LogP contribution is -2.46. The molecule has 1 aromatic heterocycles. The van der Waals surface area contributed by atoms with Gasteiger partial charge in [0, 0.05) is 45.1 Å². The summed E-state index contributed by atoms with van der Waals surface area (Å²) in [4.78, 5) is 17.3. The van der Waals surface area contributed by atoms with Gasteiger partial charge >= 0.3 is 0 Å². The molecule has 6 nitrogen and oxygen atoms in total. The summed E-state index contributed by atoms with van der Waals surface area (Å²) in [6, 6.07) is 1.73. The second-order valence-corrected chi connectivity index (χ2v) is 6.59. The zero-order valence-electron chi connectivity index (χ0n) is 14.1. The Hall–Kier alpha value is -1.40. The first-order valence-corrected chi connectivity index (χ1v) is 8.86. The number of hydrogen-bond acceptors (Lipinski definition) is 4. The van der Waals surface area contributed by atoms with Crippen LogP contribution in [0, 0.1) is 5.92 Å². The van der Waals surface area contributed by atoms with Crippen molar-refractivity contribution in [2.45, 2.75) is 32.2 Å². The van der Waals surface area contributed by atoms with E-state index < -0.39 is 0 Å². The highest BCUT2D eigenvalue weighted by Gasteiger charge is 2.29. The van der Waals surface area contributed by atoms with Gasteiger partial charge in [-0.15, -0.1) is 0 Å². The van der Waals surface area contributed by atoms with Crippen LogP contribution in [0.5, 0.6) is 0 Å². The lowest BCUT2D eigenvalue weighted by molar-refractivity contribution is -0.136. The van der Waals surface area contributed by atoms with Crippen molar-refractivity contribution in [1.82, 2.24) is 19.6 Å².